The number of hydrogen-bond acceptors (Lipinski definition) is 5. The molecule has 3 aliphatic heterocycles. The van der Waals surface area contributed by atoms with Crippen molar-refractivity contribution in [3.05, 3.63) is 71.7 Å². The normalized spacial score (nSPS) is 23.5. The number of benzene rings is 1. The van der Waals surface area contributed by atoms with E-state index in [0.717, 1.165) is 42.4 Å². The second-order valence-electron chi connectivity index (χ2n) is 8.48. The van der Waals surface area contributed by atoms with E-state index in [4.69, 9.17) is 4.99 Å². The number of hydrogen-bond donors (Lipinski definition) is 1. The molecule has 1 aromatic carbocycles. The largest absolute Gasteiger partial charge is 0.329 e. The highest BCUT2D eigenvalue weighted by Gasteiger charge is 2.39. The Hall–Kier alpha value is -3.26. The van der Waals surface area contributed by atoms with Crippen LogP contribution in [0.5, 0.6) is 0 Å². The molecule has 0 aliphatic carbocycles. The summed E-state index contributed by atoms with van der Waals surface area (Å²) in [5.41, 5.74) is 2.72. The third-order valence-corrected chi connectivity index (χ3v) is 6.18. The number of rotatable bonds is 4. The zero-order valence-electron chi connectivity index (χ0n) is 17.6. The fourth-order valence-corrected chi connectivity index (χ4v) is 4.60. The maximum atomic E-state index is 13.5. The fourth-order valence-electron chi connectivity index (χ4n) is 4.60. The van der Waals surface area contributed by atoms with Gasteiger partial charge < -0.3 is 4.90 Å². The van der Waals surface area contributed by atoms with Crippen LogP contribution in [-0.4, -0.2) is 46.4 Å². The van der Waals surface area contributed by atoms with E-state index in [1.807, 2.05) is 42.4 Å². The van der Waals surface area contributed by atoms with Crippen molar-refractivity contribution in [2.45, 2.75) is 20.4 Å². The van der Waals surface area contributed by atoms with E-state index in [9.17, 15) is 9.18 Å². The number of aryl methyl sites for hydroxylation is 1. The van der Waals surface area contributed by atoms with Gasteiger partial charge in [-0.1, -0.05) is 13.0 Å². The van der Waals surface area contributed by atoms with Crippen molar-refractivity contribution in [3.63, 3.8) is 0 Å². The van der Waals surface area contributed by atoms with Gasteiger partial charge in [0.25, 0.3) is 0 Å². The molecule has 1 N–H and O–H groups in total. The van der Waals surface area contributed by atoms with Crippen molar-refractivity contribution in [2.24, 2.45) is 16.8 Å². The molecule has 5 rings (SSSR count). The topological polar surface area (TPSA) is 64.1 Å². The number of amides is 2. The number of aromatic nitrogens is 1. The van der Waals surface area contributed by atoms with E-state index >= 15 is 0 Å². The monoisotopic (exact) mass is 420 g/mol. The summed E-state index contributed by atoms with van der Waals surface area (Å²) in [6.45, 7) is 6.96. The lowest BCUT2D eigenvalue weighted by Gasteiger charge is -2.28. The van der Waals surface area contributed by atoms with Gasteiger partial charge in [-0.2, -0.15) is 0 Å². The van der Waals surface area contributed by atoms with Crippen LogP contribution >= 0.6 is 0 Å². The van der Waals surface area contributed by atoms with Gasteiger partial charge in [0.05, 0.1) is 5.69 Å². The van der Waals surface area contributed by atoms with Gasteiger partial charge in [0, 0.05) is 43.6 Å². The van der Waals surface area contributed by atoms with Crippen LogP contribution in [0.3, 0.4) is 0 Å². The molecule has 1 fully saturated rings. The number of halogens is 1. The van der Waals surface area contributed by atoms with Crippen molar-refractivity contribution in [1.82, 2.24) is 20.1 Å². The second kappa shape index (κ2) is 7.77. The van der Waals surface area contributed by atoms with Crippen LogP contribution in [-0.2, 0) is 6.54 Å². The summed E-state index contributed by atoms with van der Waals surface area (Å²) in [7, 11) is 0. The lowest BCUT2D eigenvalue weighted by molar-refractivity contribution is 0.216. The first-order chi connectivity index (χ1) is 15.0. The van der Waals surface area contributed by atoms with Crippen LogP contribution in [0.2, 0.25) is 0 Å². The zero-order chi connectivity index (χ0) is 21.5. The zero-order valence-corrected chi connectivity index (χ0v) is 17.6. The lowest BCUT2D eigenvalue weighted by Crippen LogP contribution is -2.49. The van der Waals surface area contributed by atoms with Crippen LogP contribution in [0.15, 0.2) is 59.6 Å². The number of urea groups is 1. The molecule has 1 saturated heterocycles. The van der Waals surface area contributed by atoms with Crippen molar-refractivity contribution in [1.29, 1.82) is 0 Å². The quantitative estimate of drug-likeness (QED) is 0.825. The third kappa shape index (κ3) is 3.79. The summed E-state index contributed by atoms with van der Waals surface area (Å²) < 4.78 is 13.5. The molecule has 3 aliphatic rings. The molecule has 2 amide bonds. The van der Waals surface area contributed by atoms with Crippen LogP contribution in [0, 0.1) is 24.6 Å². The number of likely N-dealkylation sites (tertiary alicyclic amines) is 1. The number of anilines is 1. The van der Waals surface area contributed by atoms with Gasteiger partial charge in [-0.15, -0.1) is 0 Å². The summed E-state index contributed by atoms with van der Waals surface area (Å²) in [4.78, 5) is 27.9. The first-order valence-electron chi connectivity index (χ1n) is 10.5. The average Bonchev–Trinajstić information content (AvgIpc) is 3.32. The predicted molar refractivity (Wildman–Crippen MR) is 117 cm³/mol. The molecule has 0 radical (unpaired) electrons. The van der Waals surface area contributed by atoms with Gasteiger partial charge >= 0.3 is 6.03 Å². The maximum absolute atomic E-state index is 13.5. The first-order valence-corrected chi connectivity index (χ1v) is 10.5. The van der Waals surface area contributed by atoms with Crippen LogP contribution in [0.25, 0.3) is 0 Å². The molecular formula is C23H25FN6O. The van der Waals surface area contributed by atoms with Crippen LogP contribution in [0.1, 0.15) is 18.2 Å². The minimum atomic E-state index is -0.269. The Labute approximate surface area is 180 Å². The molecule has 2 unspecified atom stereocenters. The standard InChI is InChI=1S/C23H25FN6O/c1-15-9-17(24)6-7-20(15)29-13-21-26-22(27-23(31)30(21)14-29)19-12-28(10-16(19)2)11-18-5-3-4-8-25-18/h3-9,13,16,19H,10-12,14H2,1-2H3,(H,26,27,31). The number of aliphatic imine (C=N–C) groups is 1. The van der Waals surface area contributed by atoms with Gasteiger partial charge in [-0.05, 0) is 48.7 Å². The summed E-state index contributed by atoms with van der Waals surface area (Å²) in [6.07, 6.45) is 3.68. The van der Waals surface area contributed by atoms with E-state index in [2.05, 4.69) is 22.1 Å². The number of nitrogens with one attached hydrogen (secondary N) is 1. The molecule has 8 heteroatoms. The minimum absolute atomic E-state index is 0.150. The first kappa shape index (κ1) is 19.7. The third-order valence-electron chi connectivity index (χ3n) is 6.18. The average molecular weight is 420 g/mol. The Bertz CT molecular complexity index is 1070. The van der Waals surface area contributed by atoms with E-state index in [-0.39, 0.29) is 17.8 Å². The Morgan fingerprint density at radius 3 is 2.87 bits per heavy atom. The molecular weight excluding hydrogens is 395 g/mol. The van der Waals surface area contributed by atoms with Gasteiger partial charge in [0.15, 0.2) is 5.82 Å². The van der Waals surface area contributed by atoms with E-state index in [1.54, 1.807) is 11.0 Å². The fraction of sp³-hybridized carbons (Fsp3) is 0.348. The number of fused-ring (bicyclic) bond motifs is 1. The van der Waals surface area contributed by atoms with Crippen molar-refractivity contribution >= 4 is 17.6 Å². The Balaban J connectivity index is 1.35. The molecule has 2 aromatic rings. The highest BCUT2D eigenvalue weighted by Crippen LogP contribution is 2.31. The maximum Gasteiger partial charge on any atom is 0.329 e. The Kier molecular flexibility index (Phi) is 4.94. The number of pyridine rings is 1. The highest BCUT2D eigenvalue weighted by molar-refractivity contribution is 6.02. The molecule has 4 heterocycles. The smallest absolute Gasteiger partial charge is 0.325 e. The molecule has 0 spiro atoms. The van der Waals surface area contributed by atoms with Gasteiger partial charge in [-0.3, -0.25) is 20.1 Å². The molecule has 2 atom stereocenters. The number of carbonyl (C=O) groups excluding carboxylic acids is 1. The summed E-state index contributed by atoms with van der Waals surface area (Å²) in [5, 5.41) is 3.01. The van der Waals surface area contributed by atoms with Gasteiger partial charge in [0.1, 0.15) is 18.3 Å². The van der Waals surface area contributed by atoms with Crippen molar-refractivity contribution in [2.75, 3.05) is 24.7 Å². The van der Waals surface area contributed by atoms with Gasteiger partial charge in [0.2, 0.25) is 0 Å². The van der Waals surface area contributed by atoms with E-state index in [0.29, 0.717) is 18.4 Å². The molecule has 7 nitrogen and oxygen atoms in total. The summed E-state index contributed by atoms with van der Waals surface area (Å²) in [5.74, 6) is 1.59. The van der Waals surface area contributed by atoms with Crippen LogP contribution < -0.4 is 10.2 Å². The lowest BCUT2D eigenvalue weighted by atomic mass is 9.96. The van der Waals surface area contributed by atoms with Gasteiger partial charge in [-0.25, -0.2) is 14.2 Å². The molecule has 1 aromatic heterocycles. The number of carbonyl (C=O) groups is 1. The highest BCUT2D eigenvalue weighted by atomic mass is 19.1. The van der Waals surface area contributed by atoms with Crippen LogP contribution in [0.4, 0.5) is 14.9 Å². The molecule has 0 saturated carbocycles. The summed E-state index contributed by atoms with van der Waals surface area (Å²) in [6, 6.07) is 10.4. The minimum Gasteiger partial charge on any atom is -0.325 e. The SMILES string of the molecule is Cc1cc(F)ccc1N1C=C2N=C(C3CN(Cc4ccccn4)CC3C)NC(=O)N2C1. The number of nitrogens with zero attached hydrogens (tertiary/aromatic N) is 5. The molecule has 160 valence electrons. The van der Waals surface area contributed by atoms with E-state index in [1.165, 1.54) is 12.1 Å². The molecule has 0 bridgehead atoms. The predicted octanol–water partition coefficient (Wildman–Crippen LogP) is 3.30. The Morgan fingerprint density at radius 2 is 2.10 bits per heavy atom. The van der Waals surface area contributed by atoms with Crippen molar-refractivity contribution in [3.8, 4) is 0 Å². The molecule has 31 heavy (non-hydrogen) atoms. The Morgan fingerprint density at radius 1 is 1.23 bits per heavy atom. The summed E-state index contributed by atoms with van der Waals surface area (Å²) >= 11 is 0. The number of amidine groups is 1. The van der Waals surface area contributed by atoms with E-state index < -0.39 is 0 Å². The van der Waals surface area contributed by atoms with Crippen molar-refractivity contribution < 1.29 is 9.18 Å². The second-order valence-corrected chi connectivity index (χ2v) is 8.48.